The molecule has 12 nitrogen and oxygen atoms in total. The number of nitrogens with one attached hydrogen (secondary N) is 5. The Bertz CT molecular complexity index is 628. The van der Waals surface area contributed by atoms with E-state index in [0.29, 0.717) is 13.1 Å². The molecule has 0 saturated carbocycles. The van der Waals surface area contributed by atoms with Gasteiger partial charge in [-0.15, -0.1) is 9.98 Å². The van der Waals surface area contributed by atoms with E-state index in [1.807, 2.05) is 33.9 Å². The van der Waals surface area contributed by atoms with Gasteiger partial charge in [-0.05, 0) is 27.7 Å². The molecule has 0 bridgehead atoms. The smallest absolute Gasteiger partial charge is 0.209 e. The van der Waals surface area contributed by atoms with Gasteiger partial charge in [-0.3, -0.25) is 16.0 Å². The Morgan fingerprint density at radius 3 is 2.08 bits per heavy atom. The lowest BCUT2D eigenvalue weighted by Gasteiger charge is -2.34. The molecular weight excluding hydrogens is 336 g/mol. The van der Waals surface area contributed by atoms with Crippen LogP contribution in [-0.2, 0) is 0 Å². The lowest BCUT2D eigenvalue weighted by molar-refractivity contribution is 0.262. The highest BCUT2D eigenvalue weighted by Crippen LogP contribution is 2.03. The minimum atomic E-state index is -0.555. The zero-order valence-corrected chi connectivity index (χ0v) is 15.4. The Morgan fingerprint density at radius 1 is 0.962 bits per heavy atom. The first-order valence-electron chi connectivity index (χ1n) is 7.67. The van der Waals surface area contributed by atoms with Gasteiger partial charge < -0.3 is 22.1 Å². The number of hydrogen-bond acceptors (Lipinski definition) is 8. The molecule has 0 aliphatic heterocycles. The Morgan fingerprint density at radius 2 is 1.54 bits per heavy atom. The van der Waals surface area contributed by atoms with Gasteiger partial charge in [0, 0.05) is 24.2 Å². The molecule has 12 heteroatoms. The lowest BCUT2D eigenvalue weighted by Crippen LogP contribution is -2.64. The van der Waals surface area contributed by atoms with Crippen LogP contribution in [0.2, 0.25) is 0 Å². The van der Waals surface area contributed by atoms with Gasteiger partial charge in [0.2, 0.25) is 24.3 Å². The number of nitrogens with zero attached hydrogens (tertiary/aromatic N) is 5. The molecule has 1 unspecified atom stereocenters. The van der Waals surface area contributed by atoms with E-state index in [2.05, 4.69) is 36.6 Å². The minimum Gasteiger partial charge on any atom is -0.369 e. The standard InChI is InChI=1S/C14H26N12/c1-13(2,25-11(19)23-8-16)6-21-12(24-9-17)26-14(3,4)5-20-10(18)22-7-15/h12,21,24,26H,5-6H2,1-4H3,(H3,18,20,22)(H3,19,23,25). The Kier molecular flexibility index (Phi) is 9.24. The average molecular weight is 362 g/mol. The van der Waals surface area contributed by atoms with Crippen LogP contribution in [0.5, 0.6) is 0 Å². The van der Waals surface area contributed by atoms with Crippen molar-refractivity contribution in [2.75, 3.05) is 13.1 Å². The fourth-order valence-electron chi connectivity index (χ4n) is 1.88. The molecule has 0 rings (SSSR count). The van der Waals surface area contributed by atoms with Crippen molar-refractivity contribution in [1.29, 1.82) is 15.8 Å². The second-order valence-corrected chi connectivity index (χ2v) is 6.65. The van der Waals surface area contributed by atoms with Crippen molar-refractivity contribution in [3.63, 3.8) is 0 Å². The zero-order valence-electron chi connectivity index (χ0n) is 15.4. The van der Waals surface area contributed by atoms with Crippen LogP contribution in [0.4, 0.5) is 0 Å². The van der Waals surface area contributed by atoms with Crippen LogP contribution in [-0.4, -0.2) is 42.4 Å². The Balaban J connectivity index is 4.76. The van der Waals surface area contributed by atoms with Gasteiger partial charge in [-0.25, -0.2) is 0 Å². The summed E-state index contributed by atoms with van der Waals surface area (Å²) in [5, 5.41) is 40.6. The molecule has 0 aromatic carbocycles. The fraction of sp³-hybridized carbons (Fsp3) is 0.643. The average Bonchev–Trinajstić information content (AvgIpc) is 2.51. The van der Waals surface area contributed by atoms with Crippen LogP contribution < -0.4 is 38.1 Å². The maximum Gasteiger partial charge on any atom is 0.209 e. The lowest BCUT2D eigenvalue weighted by atomic mass is 10.1. The highest BCUT2D eigenvalue weighted by Gasteiger charge is 2.25. The SMILES string of the molecule is CC(C)(CNC(NC#N)NC(C)(C)CN/C(N)=N/C#N)N/C(N)=N/C#N. The van der Waals surface area contributed by atoms with Crippen molar-refractivity contribution in [2.24, 2.45) is 21.5 Å². The molecule has 0 aromatic rings. The Labute approximate surface area is 153 Å². The van der Waals surface area contributed by atoms with Crippen LogP contribution in [0.1, 0.15) is 27.7 Å². The molecule has 0 aliphatic carbocycles. The van der Waals surface area contributed by atoms with Gasteiger partial charge in [-0.1, -0.05) is 0 Å². The summed E-state index contributed by atoms with van der Waals surface area (Å²) in [4.78, 5) is 6.79. The van der Waals surface area contributed by atoms with Crippen molar-refractivity contribution in [1.82, 2.24) is 26.6 Å². The third-order valence-corrected chi connectivity index (χ3v) is 3.01. The highest BCUT2D eigenvalue weighted by molar-refractivity contribution is 5.79. The maximum absolute atomic E-state index is 8.94. The van der Waals surface area contributed by atoms with Gasteiger partial charge in [0.05, 0.1) is 0 Å². The molecule has 0 aromatic heterocycles. The number of guanidine groups is 2. The first-order valence-corrected chi connectivity index (χ1v) is 7.67. The van der Waals surface area contributed by atoms with E-state index >= 15 is 0 Å². The van der Waals surface area contributed by atoms with Crippen LogP contribution in [0.3, 0.4) is 0 Å². The molecule has 142 valence electrons. The number of hydrogen-bond donors (Lipinski definition) is 7. The quantitative estimate of drug-likeness (QED) is 0.0777. The molecular formula is C14H26N12. The van der Waals surface area contributed by atoms with Gasteiger partial charge in [0.1, 0.15) is 6.29 Å². The molecule has 0 fully saturated rings. The molecule has 1 atom stereocenters. The van der Waals surface area contributed by atoms with E-state index in [-0.39, 0.29) is 11.9 Å². The maximum atomic E-state index is 8.94. The van der Waals surface area contributed by atoms with Crippen molar-refractivity contribution in [2.45, 2.75) is 45.1 Å². The van der Waals surface area contributed by atoms with Crippen LogP contribution in [0.25, 0.3) is 0 Å². The second-order valence-electron chi connectivity index (χ2n) is 6.65. The van der Waals surface area contributed by atoms with E-state index in [0.717, 1.165) is 0 Å². The summed E-state index contributed by atoms with van der Waals surface area (Å²) >= 11 is 0. The van der Waals surface area contributed by atoms with Crippen molar-refractivity contribution in [3.05, 3.63) is 0 Å². The molecule has 0 spiro atoms. The monoisotopic (exact) mass is 362 g/mol. The third-order valence-electron chi connectivity index (χ3n) is 3.01. The number of aliphatic imine (C=N–C) groups is 2. The largest absolute Gasteiger partial charge is 0.369 e. The number of nitrogens with two attached hydrogens (primary N) is 2. The third kappa shape index (κ3) is 10.5. The summed E-state index contributed by atoms with van der Waals surface area (Å²) in [5.41, 5.74) is 10.1. The van der Waals surface area contributed by atoms with Crippen molar-refractivity contribution < 1.29 is 0 Å². The second kappa shape index (κ2) is 10.6. The fourth-order valence-corrected chi connectivity index (χ4v) is 1.88. The van der Waals surface area contributed by atoms with Crippen molar-refractivity contribution >= 4 is 11.9 Å². The molecule has 26 heavy (non-hydrogen) atoms. The van der Waals surface area contributed by atoms with Crippen molar-refractivity contribution in [3.8, 4) is 18.6 Å². The number of nitriles is 3. The zero-order chi connectivity index (χ0) is 20.2. The van der Waals surface area contributed by atoms with Crippen LogP contribution in [0.15, 0.2) is 9.98 Å². The summed E-state index contributed by atoms with van der Waals surface area (Å²) in [5.74, 6) is 0.0200. The normalized spacial score (nSPS) is 13.7. The van der Waals surface area contributed by atoms with Crippen LogP contribution >= 0.6 is 0 Å². The number of rotatable bonds is 9. The summed E-state index contributed by atoms with van der Waals surface area (Å²) < 4.78 is 0. The summed E-state index contributed by atoms with van der Waals surface area (Å²) in [6.45, 7) is 8.23. The van der Waals surface area contributed by atoms with Gasteiger partial charge in [0.25, 0.3) is 0 Å². The predicted octanol–water partition coefficient (Wildman–Crippen LogP) is -2.15. The topological polar surface area (TPSA) is 208 Å². The first-order chi connectivity index (χ1) is 12.0. The molecule has 9 N–H and O–H groups in total. The molecule has 0 aliphatic rings. The molecule has 0 amide bonds. The minimum absolute atomic E-state index is 0.00818. The summed E-state index contributed by atoms with van der Waals surface area (Å²) in [7, 11) is 0. The summed E-state index contributed by atoms with van der Waals surface area (Å²) in [6, 6.07) is 0. The van der Waals surface area contributed by atoms with E-state index in [1.54, 1.807) is 12.4 Å². The first kappa shape index (κ1) is 22.7. The van der Waals surface area contributed by atoms with Gasteiger partial charge in [-0.2, -0.15) is 15.8 Å². The van der Waals surface area contributed by atoms with Gasteiger partial charge >= 0.3 is 0 Å². The van der Waals surface area contributed by atoms with Gasteiger partial charge in [0.15, 0.2) is 6.19 Å². The van der Waals surface area contributed by atoms with E-state index in [1.165, 1.54) is 0 Å². The molecule has 0 radical (unpaired) electrons. The molecule has 0 saturated heterocycles. The predicted molar refractivity (Wildman–Crippen MR) is 97.4 cm³/mol. The van der Waals surface area contributed by atoms with E-state index < -0.39 is 17.4 Å². The highest BCUT2D eigenvalue weighted by atomic mass is 15.3. The molecule has 0 heterocycles. The van der Waals surface area contributed by atoms with E-state index in [4.69, 9.17) is 27.3 Å². The Hall–Kier alpha value is -3.27. The van der Waals surface area contributed by atoms with Crippen LogP contribution in [0, 0.1) is 34.4 Å². The van der Waals surface area contributed by atoms with E-state index in [9.17, 15) is 0 Å². The summed E-state index contributed by atoms with van der Waals surface area (Å²) in [6.07, 6.45) is 4.52.